The molecule has 3 aliphatic carbocycles. The summed E-state index contributed by atoms with van der Waals surface area (Å²) >= 11 is 0. The molecule has 0 unspecified atom stereocenters. The van der Waals surface area contributed by atoms with Gasteiger partial charge in [0.1, 0.15) is 5.78 Å². The second kappa shape index (κ2) is 5.16. The third-order valence-electron chi connectivity index (χ3n) is 8.33. The number of rotatable bonds is 1. The first-order valence-corrected chi connectivity index (χ1v) is 9.16. The van der Waals surface area contributed by atoms with Crippen molar-refractivity contribution in [2.24, 2.45) is 34.0 Å². The van der Waals surface area contributed by atoms with Gasteiger partial charge in [0.25, 0.3) is 0 Å². The Balaban J connectivity index is 2.21. The first-order valence-electron chi connectivity index (χ1n) is 9.16. The maximum absolute atomic E-state index is 12.8. The molecule has 0 saturated heterocycles. The molecule has 130 valence electrons. The van der Waals surface area contributed by atoms with Gasteiger partial charge in [-0.1, -0.05) is 33.8 Å². The molecule has 3 fully saturated rings. The van der Waals surface area contributed by atoms with E-state index in [9.17, 15) is 15.0 Å². The highest BCUT2D eigenvalue weighted by atomic mass is 16.3. The van der Waals surface area contributed by atoms with Crippen LogP contribution in [0.4, 0.5) is 0 Å². The number of ketones is 1. The van der Waals surface area contributed by atoms with Gasteiger partial charge in [-0.3, -0.25) is 4.79 Å². The smallest absolute Gasteiger partial charge is 0.137 e. The summed E-state index contributed by atoms with van der Waals surface area (Å²) in [6, 6.07) is 0. The van der Waals surface area contributed by atoms with Gasteiger partial charge < -0.3 is 10.2 Å². The standard InChI is InChI=1S/C20H32O3/c1-6-18(4)11-15(22)19(5)12(2)7-9-20(13(3)17(18)23)10-8-14(21)16(19)20/h6,12-13,15-17,22-23H,1,7-11H2,2-5H3/t12-,13+,15-,16+,17+,18-,19+,20+/m0/s1. The lowest BCUT2D eigenvalue weighted by molar-refractivity contribution is -0.191. The summed E-state index contributed by atoms with van der Waals surface area (Å²) in [6.07, 6.45) is 4.60. The van der Waals surface area contributed by atoms with Gasteiger partial charge >= 0.3 is 0 Å². The Morgan fingerprint density at radius 3 is 2.48 bits per heavy atom. The highest BCUT2D eigenvalue weighted by molar-refractivity contribution is 5.85. The number of hydrogen-bond acceptors (Lipinski definition) is 3. The summed E-state index contributed by atoms with van der Waals surface area (Å²) in [5.74, 6) is 0.544. The van der Waals surface area contributed by atoms with Gasteiger partial charge in [0, 0.05) is 23.2 Å². The number of aliphatic hydroxyl groups excluding tert-OH is 2. The molecule has 3 heteroatoms. The summed E-state index contributed by atoms with van der Waals surface area (Å²) in [7, 11) is 0. The number of hydrogen-bond donors (Lipinski definition) is 2. The highest BCUT2D eigenvalue weighted by Crippen LogP contribution is 2.67. The molecule has 3 saturated carbocycles. The maximum Gasteiger partial charge on any atom is 0.137 e. The summed E-state index contributed by atoms with van der Waals surface area (Å²) in [5.41, 5.74) is -1.07. The van der Waals surface area contributed by atoms with Crippen molar-refractivity contribution in [3.05, 3.63) is 12.7 Å². The van der Waals surface area contributed by atoms with Crippen LogP contribution < -0.4 is 0 Å². The van der Waals surface area contributed by atoms with Crippen molar-refractivity contribution in [3.63, 3.8) is 0 Å². The Labute approximate surface area is 140 Å². The monoisotopic (exact) mass is 320 g/mol. The minimum absolute atomic E-state index is 0.0428. The largest absolute Gasteiger partial charge is 0.392 e. The van der Waals surface area contributed by atoms with E-state index in [0.29, 0.717) is 24.5 Å². The van der Waals surface area contributed by atoms with E-state index in [2.05, 4.69) is 27.4 Å². The van der Waals surface area contributed by atoms with Crippen molar-refractivity contribution in [3.8, 4) is 0 Å². The van der Waals surface area contributed by atoms with E-state index in [1.807, 2.05) is 13.0 Å². The molecular weight excluding hydrogens is 288 g/mol. The van der Waals surface area contributed by atoms with Crippen LogP contribution in [0.25, 0.3) is 0 Å². The first kappa shape index (κ1) is 17.2. The molecule has 0 aromatic heterocycles. The van der Waals surface area contributed by atoms with Crippen molar-refractivity contribution < 1.29 is 15.0 Å². The zero-order chi connectivity index (χ0) is 17.2. The van der Waals surface area contributed by atoms with Gasteiger partial charge in [0.05, 0.1) is 12.2 Å². The molecule has 2 bridgehead atoms. The van der Waals surface area contributed by atoms with Gasteiger partial charge in [-0.25, -0.2) is 0 Å². The number of Topliss-reactive ketones (excluding diaryl/α,β-unsaturated/α-hetero) is 1. The van der Waals surface area contributed by atoms with E-state index >= 15 is 0 Å². The van der Waals surface area contributed by atoms with Crippen molar-refractivity contribution >= 4 is 5.78 Å². The van der Waals surface area contributed by atoms with Crippen LogP contribution in [0.2, 0.25) is 0 Å². The SMILES string of the molecule is C=C[C@@]1(C)C[C@H](O)[C@@]2(C)[C@@H](C)CC[C@@]3(CCC(=O)[C@@H]32)[C@H](C)[C@H]1O. The van der Waals surface area contributed by atoms with Crippen LogP contribution in [-0.2, 0) is 4.79 Å². The summed E-state index contributed by atoms with van der Waals surface area (Å²) in [5, 5.41) is 22.3. The van der Waals surface area contributed by atoms with Gasteiger partial charge in [0.2, 0.25) is 0 Å². The van der Waals surface area contributed by atoms with E-state index < -0.39 is 23.0 Å². The topological polar surface area (TPSA) is 57.5 Å². The molecule has 3 rings (SSSR count). The van der Waals surface area contributed by atoms with Crippen molar-refractivity contribution in [2.75, 3.05) is 0 Å². The summed E-state index contributed by atoms with van der Waals surface area (Å²) < 4.78 is 0. The Kier molecular flexibility index (Phi) is 3.85. The van der Waals surface area contributed by atoms with Gasteiger partial charge in [0.15, 0.2) is 0 Å². The molecule has 0 heterocycles. The van der Waals surface area contributed by atoms with Crippen molar-refractivity contribution in [1.29, 1.82) is 0 Å². The lowest BCUT2D eigenvalue weighted by Crippen LogP contribution is -2.62. The number of aliphatic hydroxyl groups is 2. The quantitative estimate of drug-likeness (QED) is 0.729. The van der Waals surface area contributed by atoms with E-state index in [1.54, 1.807) is 0 Å². The zero-order valence-corrected chi connectivity index (χ0v) is 15.0. The van der Waals surface area contributed by atoms with E-state index in [1.165, 1.54) is 0 Å². The normalized spacial score (nSPS) is 56.6. The predicted octanol–water partition coefficient (Wildman–Crippen LogP) is 3.34. The number of carbonyl (C=O) groups excluding carboxylic acids is 1. The molecule has 0 aliphatic heterocycles. The van der Waals surface area contributed by atoms with E-state index in [4.69, 9.17) is 0 Å². The van der Waals surface area contributed by atoms with Crippen LogP contribution in [0.5, 0.6) is 0 Å². The Hall–Kier alpha value is -0.670. The van der Waals surface area contributed by atoms with Gasteiger partial charge in [-0.2, -0.15) is 0 Å². The average Bonchev–Trinajstić information content (AvgIpc) is 2.87. The molecule has 23 heavy (non-hydrogen) atoms. The lowest BCUT2D eigenvalue weighted by atomic mass is 9.44. The molecule has 3 aliphatic rings. The molecule has 3 nitrogen and oxygen atoms in total. The molecule has 0 spiro atoms. The minimum Gasteiger partial charge on any atom is -0.392 e. The minimum atomic E-state index is -0.589. The average molecular weight is 320 g/mol. The fraction of sp³-hybridized carbons (Fsp3) is 0.850. The van der Waals surface area contributed by atoms with Crippen LogP contribution >= 0.6 is 0 Å². The maximum atomic E-state index is 12.8. The van der Waals surface area contributed by atoms with E-state index in [-0.39, 0.29) is 17.3 Å². The second-order valence-corrected chi connectivity index (χ2v) is 9.10. The van der Waals surface area contributed by atoms with Crippen LogP contribution in [0.15, 0.2) is 12.7 Å². The van der Waals surface area contributed by atoms with E-state index in [0.717, 1.165) is 19.3 Å². The Morgan fingerprint density at radius 2 is 1.87 bits per heavy atom. The van der Waals surface area contributed by atoms with Crippen molar-refractivity contribution in [1.82, 2.24) is 0 Å². The molecule has 0 radical (unpaired) electrons. The summed E-state index contributed by atoms with van der Waals surface area (Å²) in [4.78, 5) is 12.8. The molecule has 0 amide bonds. The molecular formula is C20H32O3. The van der Waals surface area contributed by atoms with Gasteiger partial charge in [-0.15, -0.1) is 6.58 Å². The van der Waals surface area contributed by atoms with Crippen LogP contribution in [0.1, 0.15) is 59.8 Å². The second-order valence-electron chi connectivity index (χ2n) is 9.10. The third-order valence-corrected chi connectivity index (χ3v) is 8.33. The fourth-order valence-electron chi connectivity index (χ4n) is 6.37. The lowest BCUT2D eigenvalue weighted by Gasteiger charge is -2.61. The summed E-state index contributed by atoms with van der Waals surface area (Å²) in [6.45, 7) is 12.4. The fourth-order valence-corrected chi connectivity index (χ4v) is 6.37. The molecule has 0 aromatic rings. The van der Waals surface area contributed by atoms with Crippen LogP contribution in [-0.4, -0.2) is 28.2 Å². The van der Waals surface area contributed by atoms with Crippen molar-refractivity contribution in [2.45, 2.75) is 72.0 Å². The predicted molar refractivity (Wildman–Crippen MR) is 90.8 cm³/mol. The van der Waals surface area contributed by atoms with Crippen LogP contribution in [0.3, 0.4) is 0 Å². The highest BCUT2D eigenvalue weighted by Gasteiger charge is 2.67. The molecule has 8 atom stereocenters. The Bertz CT molecular complexity index is 529. The molecule has 0 aromatic carbocycles. The number of carbonyl (C=O) groups is 1. The Morgan fingerprint density at radius 1 is 1.22 bits per heavy atom. The van der Waals surface area contributed by atoms with Crippen LogP contribution in [0, 0.1) is 34.0 Å². The zero-order valence-electron chi connectivity index (χ0n) is 15.0. The van der Waals surface area contributed by atoms with Gasteiger partial charge in [-0.05, 0) is 42.9 Å². The molecule has 2 N–H and O–H groups in total. The first-order chi connectivity index (χ1) is 10.6. The third kappa shape index (κ3) is 1.99.